The van der Waals surface area contributed by atoms with Crippen LogP contribution in [-0.2, 0) is 25.5 Å². The van der Waals surface area contributed by atoms with Crippen molar-refractivity contribution in [1.29, 1.82) is 0 Å². The summed E-state index contributed by atoms with van der Waals surface area (Å²) in [5.74, 6) is -0.154. The van der Waals surface area contributed by atoms with Crippen LogP contribution in [0.15, 0.2) is 24.4 Å². The second-order valence-corrected chi connectivity index (χ2v) is 8.36. The molecule has 3 heterocycles. The number of hydrogen-bond acceptors (Lipinski definition) is 7. The van der Waals surface area contributed by atoms with Gasteiger partial charge in [0.1, 0.15) is 23.1 Å². The van der Waals surface area contributed by atoms with Gasteiger partial charge < -0.3 is 20.1 Å². The SMILES string of the molecule is CCOC(=O)Cc1cn2c(N3CCN(C(=O)OC(C)(C)C)C(C(N)=O)C3)cccc2n1. The lowest BCUT2D eigenvalue weighted by Crippen LogP contribution is -2.60. The Morgan fingerprint density at radius 2 is 1.97 bits per heavy atom. The quantitative estimate of drug-likeness (QED) is 0.710. The van der Waals surface area contributed by atoms with E-state index >= 15 is 0 Å². The third kappa shape index (κ3) is 5.25. The van der Waals surface area contributed by atoms with Crippen LogP contribution in [0.3, 0.4) is 0 Å². The fourth-order valence-corrected chi connectivity index (χ4v) is 3.52. The minimum absolute atomic E-state index is 0.0747. The minimum atomic E-state index is -0.832. The molecule has 1 atom stereocenters. The number of rotatable bonds is 5. The molecule has 2 aromatic heterocycles. The zero-order valence-electron chi connectivity index (χ0n) is 18.3. The topological polar surface area (TPSA) is 119 Å². The molecule has 2 aromatic rings. The first-order chi connectivity index (χ1) is 14.6. The summed E-state index contributed by atoms with van der Waals surface area (Å²) in [5.41, 5.74) is 6.20. The van der Waals surface area contributed by atoms with Gasteiger partial charge in [-0.1, -0.05) is 6.07 Å². The van der Waals surface area contributed by atoms with Gasteiger partial charge in [0.2, 0.25) is 5.91 Å². The van der Waals surface area contributed by atoms with Crippen molar-refractivity contribution in [2.24, 2.45) is 5.73 Å². The number of hydrogen-bond donors (Lipinski definition) is 1. The monoisotopic (exact) mass is 431 g/mol. The standard InChI is InChI=1S/C21H29N5O5/c1-5-30-18(27)11-14-12-26-16(23-14)7-6-8-17(26)24-9-10-25(15(13-24)19(22)28)20(29)31-21(2,3)4/h6-8,12,15H,5,9-11,13H2,1-4H3,(H2,22,28). The number of esters is 1. The lowest BCUT2D eigenvalue weighted by atomic mass is 10.1. The van der Waals surface area contributed by atoms with E-state index in [1.807, 2.05) is 27.5 Å². The number of ether oxygens (including phenoxy) is 2. The first-order valence-corrected chi connectivity index (χ1v) is 10.3. The number of pyridine rings is 1. The fraction of sp³-hybridized carbons (Fsp3) is 0.524. The molecule has 168 valence electrons. The lowest BCUT2D eigenvalue weighted by molar-refractivity contribution is -0.142. The van der Waals surface area contributed by atoms with Crippen molar-refractivity contribution in [3.05, 3.63) is 30.1 Å². The van der Waals surface area contributed by atoms with E-state index in [9.17, 15) is 14.4 Å². The molecule has 0 radical (unpaired) electrons. The highest BCUT2D eigenvalue weighted by Crippen LogP contribution is 2.23. The van der Waals surface area contributed by atoms with Crippen molar-refractivity contribution in [1.82, 2.24) is 14.3 Å². The van der Waals surface area contributed by atoms with E-state index in [0.29, 0.717) is 24.5 Å². The molecule has 3 rings (SSSR count). The Hall–Kier alpha value is -3.30. The number of piperazine rings is 1. The Bertz CT molecular complexity index is 980. The van der Waals surface area contributed by atoms with Crippen LogP contribution in [0.4, 0.5) is 10.6 Å². The van der Waals surface area contributed by atoms with Crippen LogP contribution in [0, 0.1) is 0 Å². The molecule has 1 aliphatic rings. The molecule has 1 aliphatic heterocycles. The Morgan fingerprint density at radius 3 is 2.61 bits per heavy atom. The van der Waals surface area contributed by atoms with E-state index < -0.39 is 23.6 Å². The summed E-state index contributed by atoms with van der Waals surface area (Å²) in [5, 5.41) is 0. The molecule has 0 aliphatic carbocycles. The molecule has 0 aromatic carbocycles. The molecule has 2 amide bonds. The van der Waals surface area contributed by atoms with E-state index in [1.165, 1.54) is 4.90 Å². The van der Waals surface area contributed by atoms with Gasteiger partial charge in [0.15, 0.2) is 0 Å². The predicted molar refractivity (Wildman–Crippen MR) is 114 cm³/mol. The Morgan fingerprint density at radius 1 is 1.23 bits per heavy atom. The highest BCUT2D eigenvalue weighted by atomic mass is 16.6. The highest BCUT2D eigenvalue weighted by Gasteiger charge is 2.37. The molecular weight excluding hydrogens is 402 g/mol. The Labute approximate surface area is 180 Å². The minimum Gasteiger partial charge on any atom is -0.466 e. The van der Waals surface area contributed by atoms with Crippen LogP contribution in [0.2, 0.25) is 0 Å². The molecule has 10 nitrogen and oxygen atoms in total. The maximum atomic E-state index is 12.6. The maximum Gasteiger partial charge on any atom is 0.411 e. The number of imidazole rings is 1. The number of carbonyl (C=O) groups is 3. The van der Waals surface area contributed by atoms with Crippen LogP contribution in [0.5, 0.6) is 0 Å². The van der Waals surface area contributed by atoms with Gasteiger partial charge in [-0.2, -0.15) is 0 Å². The number of nitrogens with two attached hydrogens (primary N) is 1. The molecule has 2 N–H and O–H groups in total. The number of carbonyl (C=O) groups excluding carboxylic acids is 3. The van der Waals surface area contributed by atoms with Gasteiger partial charge in [-0.3, -0.25) is 18.9 Å². The van der Waals surface area contributed by atoms with Gasteiger partial charge in [0.05, 0.1) is 18.7 Å². The van der Waals surface area contributed by atoms with Gasteiger partial charge in [-0.15, -0.1) is 0 Å². The van der Waals surface area contributed by atoms with Crippen molar-refractivity contribution in [2.75, 3.05) is 31.1 Å². The molecule has 1 fully saturated rings. The molecule has 31 heavy (non-hydrogen) atoms. The van der Waals surface area contributed by atoms with Crippen LogP contribution in [0.25, 0.3) is 5.65 Å². The average molecular weight is 431 g/mol. The van der Waals surface area contributed by atoms with Crippen molar-refractivity contribution >= 4 is 29.4 Å². The molecule has 0 bridgehead atoms. The van der Waals surface area contributed by atoms with Gasteiger partial charge in [0.25, 0.3) is 0 Å². The summed E-state index contributed by atoms with van der Waals surface area (Å²) >= 11 is 0. The summed E-state index contributed by atoms with van der Waals surface area (Å²) in [7, 11) is 0. The van der Waals surface area contributed by atoms with Crippen molar-refractivity contribution < 1.29 is 23.9 Å². The van der Waals surface area contributed by atoms with Crippen LogP contribution < -0.4 is 10.6 Å². The van der Waals surface area contributed by atoms with Crippen LogP contribution in [-0.4, -0.2) is 70.1 Å². The van der Waals surface area contributed by atoms with E-state index in [-0.39, 0.29) is 25.5 Å². The summed E-state index contributed by atoms with van der Waals surface area (Å²) in [6, 6.07) is 4.75. The smallest absolute Gasteiger partial charge is 0.411 e. The highest BCUT2D eigenvalue weighted by molar-refractivity contribution is 5.85. The molecule has 0 spiro atoms. The lowest BCUT2D eigenvalue weighted by Gasteiger charge is -2.41. The molecular formula is C21H29N5O5. The molecule has 1 saturated heterocycles. The van der Waals surface area contributed by atoms with E-state index in [1.54, 1.807) is 33.9 Å². The average Bonchev–Trinajstić information content (AvgIpc) is 3.08. The predicted octanol–water partition coefficient (Wildman–Crippen LogP) is 1.35. The second kappa shape index (κ2) is 8.83. The van der Waals surface area contributed by atoms with Crippen LogP contribution in [0.1, 0.15) is 33.4 Å². The number of nitrogens with zero attached hydrogens (tertiary/aromatic N) is 4. The van der Waals surface area contributed by atoms with Gasteiger partial charge in [-0.05, 0) is 39.8 Å². The summed E-state index contributed by atoms with van der Waals surface area (Å²) in [4.78, 5) is 44.3. The molecule has 1 unspecified atom stereocenters. The summed E-state index contributed by atoms with van der Waals surface area (Å²) in [6.45, 7) is 8.37. The molecule has 0 saturated carbocycles. The zero-order chi connectivity index (χ0) is 22.8. The van der Waals surface area contributed by atoms with Gasteiger partial charge in [-0.25, -0.2) is 9.78 Å². The fourth-order valence-electron chi connectivity index (χ4n) is 3.52. The number of anilines is 1. The first-order valence-electron chi connectivity index (χ1n) is 10.3. The van der Waals surface area contributed by atoms with Crippen molar-refractivity contribution in [3.8, 4) is 0 Å². The third-order valence-corrected chi connectivity index (χ3v) is 4.81. The normalized spacial score (nSPS) is 17.0. The first kappa shape index (κ1) is 22.4. The zero-order valence-corrected chi connectivity index (χ0v) is 18.3. The van der Waals surface area contributed by atoms with E-state index in [4.69, 9.17) is 15.2 Å². The Balaban J connectivity index is 1.83. The number of aromatic nitrogens is 2. The van der Waals surface area contributed by atoms with Crippen molar-refractivity contribution in [3.63, 3.8) is 0 Å². The van der Waals surface area contributed by atoms with Gasteiger partial charge in [0, 0.05) is 25.8 Å². The summed E-state index contributed by atoms with van der Waals surface area (Å²) < 4.78 is 12.3. The largest absolute Gasteiger partial charge is 0.466 e. The van der Waals surface area contributed by atoms with Gasteiger partial charge >= 0.3 is 12.1 Å². The van der Waals surface area contributed by atoms with E-state index in [0.717, 1.165) is 5.82 Å². The van der Waals surface area contributed by atoms with E-state index in [2.05, 4.69) is 4.98 Å². The second-order valence-electron chi connectivity index (χ2n) is 8.36. The van der Waals surface area contributed by atoms with Crippen molar-refractivity contribution in [2.45, 2.75) is 45.8 Å². The third-order valence-electron chi connectivity index (χ3n) is 4.81. The summed E-state index contributed by atoms with van der Waals surface area (Å²) in [6.07, 6.45) is 1.29. The number of fused-ring (bicyclic) bond motifs is 1. The van der Waals surface area contributed by atoms with Crippen LogP contribution >= 0.6 is 0 Å². The maximum absolute atomic E-state index is 12.6. The number of amides is 2. The Kier molecular flexibility index (Phi) is 6.37. The number of primary amides is 1. The molecule has 10 heteroatoms.